The molecule has 0 aromatic heterocycles. The molecular formula is C27H35NO3. The van der Waals surface area contributed by atoms with Gasteiger partial charge in [-0.15, -0.1) is 0 Å². The van der Waals surface area contributed by atoms with E-state index in [0.717, 1.165) is 23.5 Å². The maximum absolute atomic E-state index is 11.9. The quantitative estimate of drug-likeness (QED) is 0.484. The van der Waals surface area contributed by atoms with Crippen molar-refractivity contribution in [1.82, 2.24) is 0 Å². The molecule has 2 aromatic rings. The maximum atomic E-state index is 11.9. The Bertz CT molecular complexity index is 969. The van der Waals surface area contributed by atoms with E-state index in [4.69, 9.17) is 9.47 Å². The second-order valence-corrected chi connectivity index (χ2v) is 9.39. The second kappa shape index (κ2) is 9.17. The van der Waals surface area contributed by atoms with E-state index in [2.05, 4.69) is 51.2 Å². The fourth-order valence-corrected chi connectivity index (χ4v) is 4.02. The molecule has 4 heteroatoms. The monoisotopic (exact) mass is 421 g/mol. The Balaban J connectivity index is 2.02. The van der Waals surface area contributed by atoms with Crippen LogP contribution in [0.1, 0.15) is 76.4 Å². The van der Waals surface area contributed by atoms with Gasteiger partial charge in [-0.05, 0) is 91.6 Å². The fourth-order valence-electron chi connectivity index (χ4n) is 4.02. The molecule has 1 aliphatic carbocycles. The normalized spacial score (nSPS) is 14.8. The molecule has 2 aromatic carbocycles. The molecule has 1 N–H and O–H groups in total. The zero-order chi connectivity index (χ0) is 22.8. The van der Waals surface area contributed by atoms with Crippen molar-refractivity contribution in [1.29, 1.82) is 0 Å². The third-order valence-corrected chi connectivity index (χ3v) is 5.65. The zero-order valence-corrected chi connectivity index (χ0v) is 19.8. The summed E-state index contributed by atoms with van der Waals surface area (Å²) in [5, 5.41) is 3.51. The summed E-state index contributed by atoms with van der Waals surface area (Å²) in [4.78, 5) is 11.9. The van der Waals surface area contributed by atoms with E-state index in [1.54, 1.807) is 19.1 Å². The van der Waals surface area contributed by atoms with Crippen molar-refractivity contribution in [3.63, 3.8) is 0 Å². The van der Waals surface area contributed by atoms with Gasteiger partial charge in [0.05, 0.1) is 24.0 Å². The largest absolute Gasteiger partial charge is 0.489 e. The van der Waals surface area contributed by atoms with Gasteiger partial charge in [0.15, 0.2) is 0 Å². The van der Waals surface area contributed by atoms with Crippen LogP contribution in [0.25, 0.3) is 5.57 Å². The molecule has 0 saturated heterocycles. The lowest BCUT2D eigenvalue weighted by atomic mass is 9.71. The Morgan fingerprint density at radius 3 is 2.35 bits per heavy atom. The summed E-state index contributed by atoms with van der Waals surface area (Å²) in [6.45, 7) is 15.3. The molecule has 3 rings (SSSR count). The SMILES string of the molecule is CCOC(=O)c1ccc(Nc2cc3c(cc2OC(C)C)C(C)(C)CC=C3C(C)C)cc1. The topological polar surface area (TPSA) is 47.6 Å². The van der Waals surface area contributed by atoms with Crippen LogP contribution in [-0.2, 0) is 10.2 Å². The minimum Gasteiger partial charge on any atom is -0.489 e. The van der Waals surface area contributed by atoms with Crippen molar-refractivity contribution in [2.24, 2.45) is 5.92 Å². The second-order valence-electron chi connectivity index (χ2n) is 9.39. The van der Waals surface area contributed by atoms with Crippen molar-refractivity contribution in [3.8, 4) is 5.75 Å². The van der Waals surface area contributed by atoms with Crippen molar-refractivity contribution >= 4 is 22.9 Å². The molecule has 0 aliphatic heterocycles. The highest BCUT2D eigenvalue weighted by atomic mass is 16.5. The lowest BCUT2D eigenvalue weighted by Gasteiger charge is -2.34. The van der Waals surface area contributed by atoms with Crippen LogP contribution in [-0.4, -0.2) is 18.7 Å². The van der Waals surface area contributed by atoms with Crippen LogP contribution in [0.5, 0.6) is 5.75 Å². The number of carbonyl (C=O) groups is 1. The van der Waals surface area contributed by atoms with Gasteiger partial charge >= 0.3 is 5.97 Å². The molecule has 0 heterocycles. The summed E-state index contributed by atoms with van der Waals surface area (Å²) in [6, 6.07) is 11.8. The molecule has 166 valence electrons. The summed E-state index contributed by atoms with van der Waals surface area (Å²) in [5.74, 6) is 0.991. The van der Waals surface area contributed by atoms with Crippen molar-refractivity contribution in [2.45, 2.75) is 66.4 Å². The Labute approximate surface area is 186 Å². The molecule has 0 saturated carbocycles. The average molecular weight is 422 g/mol. The van der Waals surface area contributed by atoms with Gasteiger partial charge in [0.1, 0.15) is 5.75 Å². The lowest BCUT2D eigenvalue weighted by Crippen LogP contribution is -2.23. The summed E-state index contributed by atoms with van der Waals surface area (Å²) < 4.78 is 11.3. The minimum absolute atomic E-state index is 0.0582. The van der Waals surface area contributed by atoms with Crippen molar-refractivity contribution < 1.29 is 14.3 Å². The Hall–Kier alpha value is -2.75. The summed E-state index contributed by atoms with van der Waals surface area (Å²) in [7, 11) is 0. The maximum Gasteiger partial charge on any atom is 0.338 e. The van der Waals surface area contributed by atoms with E-state index >= 15 is 0 Å². The van der Waals surface area contributed by atoms with Crippen molar-refractivity contribution in [2.75, 3.05) is 11.9 Å². The first-order valence-corrected chi connectivity index (χ1v) is 11.2. The minimum atomic E-state index is -0.305. The lowest BCUT2D eigenvalue weighted by molar-refractivity contribution is 0.0526. The van der Waals surface area contributed by atoms with Crippen molar-refractivity contribution in [3.05, 3.63) is 59.2 Å². The van der Waals surface area contributed by atoms with Gasteiger partial charge in [-0.3, -0.25) is 0 Å². The molecule has 0 amide bonds. The zero-order valence-electron chi connectivity index (χ0n) is 19.8. The third kappa shape index (κ3) is 5.12. The van der Waals surface area contributed by atoms with E-state index in [1.165, 1.54) is 16.7 Å². The van der Waals surface area contributed by atoms with E-state index < -0.39 is 0 Å². The molecule has 0 radical (unpaired) electrons. The van der Waals surface area contributed by atoms with E-state index in [1.807, 2.05) is 26.0 Å². The molecular weight excluding hydrogens is 386 g/mol. The number of rotatable bonds is 7. The van der Waals surface area contributed by atoms with Crippen LogP contribution in [0.4, 0.5) is 11.4 Å². The van der Waals surface area contributed by atoms with E-state index in [-0.39, 0.29) is 17.5 Å². The van der Waals surface area contributed by atoms with Gasteiger partial charge in [0, 0.05) is 5.69 Å². The smallest absolute Gasteiger partial charge is 0.338 e. The highest BCUT2D eigenvalue weighted by Crippen LogP contribution is 2.46. The van der Waals surface area contributed by atoms with Crippen LogP contribution in [0, 0.1) is 5.92 Å². The molecule has 1 aliphatic rings. The number of anilines is 2. The average Bonchev–Trinajstić information content (AvgIpc) is 2.69. The van der Waals surface area contributed by atoms with Gasteiger partial charge in [0.2, 0.25) is 0 Å². The predicted molar refractivity (Wildman–Crippen MR) is 128 cm³/mol. The third-order valence-electron chi connectivity index (χ3n) is 5.65. The first kappa shape index (κ1) is 22.9. The first-order valence-electron chi connectivity index (χ1n) is 11.2. The van der Waals surface area contributed by atoms with Gasteiger partial charge in [-0.2, -0.15) is 0 Å². The van der Waals surface area contributed by atoms with E-state index in [9.17, 15) is 4.79 Å². The Morgan fingerprint density at radius 1 is 1.10 bits per heavy atom. The van der Waals surface area contributed by atoms with Crippen LogP contribution in [0.3, 0.4) is 0 Å². The Kier molecular flexibility index (Phi) is 6.78. The molecule has 0 bridgehead atoms. The standard InChI is InChI=1S/C27H35NO3/c1-8-30-26(29)19-9-11-20(12-10-19)28-24-15-22-21(17(2)3)13-14-27(6,7)23(22)16-25(24)31-18(4)5/h9-13,15-18,28H,8,14H2,1-7H3. The van der Waals surface area contributed by atoms with Crippen LogP contribution >= 0.6 is 0 Å². The molecule has 0 fully saturated rings. The number of ether oxygens (including phenoxy) is 2. The molecule has 0 atom stereocenters. The number of fused-ring (bicyclic) bond motifs is 1. The summed E-state index contributed by atoms with van der Waals surface area (Å²) in [5.41, 5.74) is 6.43. The van der Waals surface area contributed by atoms with Gasteiger partial charge < -0.3 is 14.8 Å². The van der Waals surface area contributed by atoms with Gasteiger partial charge in [-0.1, -0.05) is 33.8 Å². The molecule has 4 nitrogen and oxygen atoms in total. The fraction of sp³-hybridized carbons (Fsp3) is 0.444. The van der Waals surface area contributed by atoms with E-state index in [0.29, 0.717) is 18.1 Å². The number of carbonyl (C=O) groups excluding carboxylic acids is 1. The number of hydrogen-bond donors (Lipinski definition) is 1. The van der Waals surface area contributed by atoms with Crippen LogP contribution in [0.2, 0.25) is 0 Å². The number of allylic oxidation sites excluding steroid dienone is 2. The highest BCUT2D eigenvalue weighted by molar-refractivity contribution is 5.90. The number of nitrogens with one attached hydrogen (secondary N) is 1. The number of esters is 1. The predicted octanol–water partition coefficient (Wildman–Crippen LogP) is 7.11. The highest BCUT2D eigenvalue weighted by Gasteiger charge is 2.30. The van der Waals surface area contributed by atoms with Crippen LogP contribution in [0.15, 0.2) is 42.5 Å². The molecule has 0 unspecified atom stereocenters. The summed E-state index contributed by atoms with van der Waals surface area (Å²) >= 11 is 0. The number of benzene rings is 2. The van der Waals surface area contributed by atoms with Gasteiger partial charge in [-0.25, -0.2) is 4.79 Å². The number of hydrogen-bond acceptors (Lipinski definition) is 4. The summed E-state index contributed by atoms with van der Waals surface area (Å²) in [6.07, 6.45) is 3.47. The van der Waals surface area contributed by atoms with Crippen LogP contribution < -0.4 is 10.1 Å². The van der Waals surface area contributed by atoms with Gasteiger partial charge in [0.25, 0.3) is 0 Å². The molecule has 31 heavy (non-hydrogen) atoms. The Morgan fingerprint density at radius 2 is 1.77 bits per heavy atom. The first-order chi connectivity index (χ1) is 14.6. The molecule has 0 spiro atoms.